The van der Waals surface area contributed by atoms with Crippen molar-refractivity contribution in [3.63, 3.8) is 0 Å². The number of nitrogens with one attached hydrogen (secondary N) is 1. The molecule has 0 aromatic heterocycles. The second kappa shape index (κ2) is 9.84. The molecular weight excluding hydrogens is 376 g/mol. The van der Waals surface area contributed by atoms with E-state index in [1.807, 2.05) is 12.1 Å². The first kappa shape index (κ1) is 22.8. The SMILES string of the molecule is COc1ccc(CCN(CC(C)C)C(=O)C2CC23CCNCC3)cc1OC.Cl. The lowest BCUT2D eigenvalue weighted by atomic mass is 9.91. The smallest absolute Gasteiger partial charge is 0.226 e. The highest BCUT2D eigenvalue weighted by molar-refractivity contribution is 5.85. The van der Waals surface area contributed by atoms with Crippen LogP contribution in [0.5, 0.6) is 11.5 Å². The maximum absolute atomic E-state index is 13.2. The van der Waals surface area contributed by atoms with Crippen LogP contribution in [0.4, 0.5) is 0 Å². The quantitative estimate of drug-likeness (QED) is 0.712. The first-order valence-corrected chi connectivity index (χ1v) is 10.2. The summed E-state index contributed by atoms with van der Waals surface area (Å²) in [4.78, 5) is 15.3. The van der Waals surface area contributed by atoms with E-state index in [1.165, 1.54) is 5.56 Å². The van der Waals surface area contributed by atoms with Gasteiger partial charge in [-0.15, -0.1) is 12.4 Å². The van der Waals surface area contributed by atoms with Crippen molar-refractivity contribution in [2.24, 2.45) is 17.3 Å². The van der Waals surface area contributed by atoms with Crippen molar-refractivity contribution >= 4 is 18.3 Å². The third-order valence-electron chi connectivity index (χ3n) is 6.10. The first-order chi connectivity index (χ1) is 13.0. The van der Waals surface area contributed by atoms with E-state index in [1.54, 1.807) is 14.2 Å². The molecule has 2 aliphatic rings. The van der Waals surface area contributed by atoms with Gasteiger partial charge in [0, 0.05) is 19.0 Å². The molecule has 158 valence electrons. The van der Waals surface area contributed by atoms with Gasteiger partial charge in [-0.3, -0.25) is 4.79 Å². The number of nitrogens with zero attached hydrogens (tertiary/aromatic N) is 1. The van der Waals surface area contributed by atoms with Crippen molar-refractivity contribution in [1.29, 1.82) is 0 Å². The Labute approximate surface area is 175 Å². The number of hydrogen-bond acceptors (Lipinski definition) is 4. The summed E-state index contributed by atoms with van der Waals surface area (Å²) < 4.78 is 10.7. The predicted octanol–water partition coefficient (Wildman–Crippen LogP) is 3.54. The van der Waals surface area contributed by atoms with E-state index in [-0.39, 0.29) is 18.3 Å². The largest absolute Gasteiger partial charge is 0.493 e. The highest BCUT2D eigenvalue weighted by Crippen LogP contribution is 2.59. The average Bonchev–Trinajstić information content (AvgIpc) is 3.37. The predicted molar refractivity (Wildman–Crippen MR) is 115 cm³/mol. The minimum atomic E-state index is 0. The fourth-order valence-electron chi connectivity index (χ4n) is 4.43. The number of amides is 1. The monoisotopic (exact) mass is 410 g/mol. The van der Waals surface area contributed by atoms with Gasteiger partial charge in [0.25, 0.3) is 0 Å². The van der Waals surface area contributed by atoms with E-state index in [0.717, 1.165) is 63.4 Å². The minimum absolute atomic E-state index is 0. The Morgan fingerprint density at radius 2 is 1.89 bits per heavy atom. The van der Waals surface area contributed by atoms with Crippen LogP contribution in [0.2, 0.25) is 0 Å². The molecule has 1 saturated carbocycles. The number of piperidine rings is 1. The summed E-state index contributed by atoms with van der Waals surface area (Å²) in [5, 5.41) is 3.42. The fourth-order valence-corrected chi connectivity index (χ4v) is 4.43. The summed E-state index contributed by atoms with van der Waals surface area (Å²) in [5.41, 5.74) is 1.46. The lowest BCUT2D eigenvalue weighted by molar-refractivity contribution is -0.134. The molecule has 1 saturated heterocycles. The molecule has 1 unspecified atom stereocenters. The van der Waals surface area contributed by atoms with Crippen molar-refractivity contribution in [1.82, 2.24) is 10.2 Å². The summed E-state index contributed by atoms with van der Waals surface area (Å²) in [6.45, 7) is 8.07. The number of benzene rings is 1. The molecule has 1 atom stereocenters. The maximum Gasteiger partial charge on any atom is 0.226 e. The first-order valence-electron chi connectivity index (χ1n) is 10.2. The van der Waals surface area contributed by atoms with Crippen LogP contribution >= 0.6 is 12.4 Å². The zero-order valence-electron chi connectivity index (χ0n) is 17.6. The number of halogens is 1. The zero-order valence-corrected chi connectivity index (χ0v) is 18.4. The molecule has 0 radical (unpaired) electrons. The van der Waals surface area contributed by atoms with Crippen LogP contribution in [-0.4, -0.2) is 51.2 Å². The van der Waals surface area contributed by atoms with E-state index in [2.05, 4.69) is 30.1 Å². The molecule has 1 amide bonds. The van der Waals surface area contributed by atoms with Gasteiger partial charge in [-0.2, -0.15) is 0 Å². The Bertz CT molecular complexity index is 659. The second-order valence-electron chi connectivity index (χ2n) is 8.49. The van der Waals surface area contributed by atoms with Gasteiger partial charge in [0.15, 0.2) is 11.5 Å². The molecule has 0 bridgehead atoms. The Balaban J connectivity index is 0.00000280. The van der Waals surface area contributed by atoms with Gasteiger partial charge >= 0.3 is 0 Å². The number of methoxy groups -OCH3 is 2. The fraction of sp³-hybridized carbons (Fsp3) is 0.682. The van der Waals surface area contributed by atoms with Gasteiger partial charge in [-0.05, 0) is 67.8 Å². The van der Waals surface area contributed by atoms with Gasteiger partial charge in [0.05, 0.1) is 14.2 Å². The Morgan fingerprint density at radius 1 is 1.21 bits per heavy atom. The zero-order chi connectivity index (χ0) is 19.4. The van der Waals surface area contributed by atoms with Crippen LogP contribution in [0.3, 0.4) is 0 Å². The van der Waals surface area contributed by atoms with Crippen molar-refractivity contribution in [3.05, 3.63) is 23.8 Å². The highest BCUT2D eigenvalue weighted by Gasteiger charge is 2.58. The van der Waals surface area contributed by atoms with Gasteiger partial charge in [-0.25, -0.2) is 0 Å². The number of hydrogen-bond donors (Lipinski definition) is 1. The standard InChI is InChI=1S/C22H34N2O3.ClH/c1-16(2)15-24(21(25)18-14-22(18)8-10-23-11-9-22)12-7-17-5-6-19(26-3)20(13-17)27-4;/h5-6,13,16,18,23H,7-12,14-15H2,1-4H3;1H. The molecule has 3 rings (SSSR count). The highest BCUT2D eigenvalue weighted by atomic mass is 35.5. The van der Waals surface area contributed by atoms with Crippen LogP contribution in [0, 0.1) is 17.3 Å². The number of carbonyl (C=O) groups is 1. The molecule has 1 N–H and O–H groups in total. The second-order valence-corrected chi connectivity index (χ2v) is 8.49. The van der Waals surface area contributed by atoms with E-state index in [4.69, 9.17) is 9.47 Å². The summed E-state index contributed by atoms with van der Waals surface area (Å²) >= 11 is 0. The van der Waals surface area contributed by atoms with Gasteiger partial charge < -0.3 is 19.7 Å². The van der Waals surface area contributed by atoms with Gasteiger partial charge in [0.2, 0.25) is 5.91 Å². The van der Waals surface area contributed by atoms with Crippen LogP contribution in [0.15, 0.2) is 18.2 Å². The normalized spacial score (nSPS) is 19.8. The number of rotatable bonds is 8. The molecular formula is C22H35ClN2O3. The van der Waals surface area contributed by atoms with E-state index < -0.39 is 0 Å². The van der Waals surface area contributed by atoms with Crippen LogP contribution in [0.1, 0.15) is 38.7 Å². The third-order valence-corrected chi connectivity index (χ3v) is 6.10. The number of carbonyl (C=O) groups excluding carboxylic acids is 1. The lowest BCUT2D eigenvalue weighted by Crippen LogP contribution is -2.39. The maximum atomic E-state index is 13.2. The van der Waals surface area contributed by atoms with Crippen molar-refractivity contribution in [2.45, 2.75) is 39.5 Å². The average molecular weight is 411 g/mol. The Kier molecular flexibility index (Phi) is 8.02. The van der Waals surface area contributed by atoms with Crippen LogP contribution < -0.4 is 14.8 Å². The molecule has 1 aromatic carbocycles. The number of ether oxygens (including phenoxy) is 2. The van der Waals surface area contributed by atoms with E-state index in [9.17, 15) is 4.79 Å². The van der Waals surface area contributed by atoms with Crippen molar-refractivity contribution < 1.29 is 14.3 Å². The molecule has 1 aromatic rings. The molecule has 5 nitrogen and oxygen atoms in total. The summed E-state index contributed by atoms with van der Waals surface area (Å²) in [5.74, 6) is 2.56. The van der Waals surface area contributed by atoms with Crippen LogP contribution in [0.25, 0.3) is 0 Å². The van der Waals surface area contributed by atoms with E-state index >= 15 is 0 Å². The molecule has 1 heterocycles. The summed E-state index contributed by atoms with van der Waals surface area (Å²) in [6, 6.07) is 6.01. The van der Waals surface area contributed by atoms with Gasteiger partial charge in [0.1, 0.15) is 0 Å². The molecule has 6 heteroatoms. The van der Waals surface area contributed by atoms with Crippen molar-refractivity contribution in [3.8, 4) is 11.5 Å². The van der Waals surface area contributed by atoms with Gasteiger partial charge in [-0.1, -0.05) is 19.9 Å². The minimum Gasteiger partial charge on any atom is -0.493 e. The molecule has 1 aliphatic carbocycles. The summed E-state index contributed by atoms with van der Waals surface area (Å²) in [6.07, 6.45) is 4.21. The van der Waals surface area contributed by atoms with E-state index in [0.29, 0.717) is 17.2 Å². The van der Waals surface area contributed by atoms with Crippen LogP contribution in [-0.2, 0) is 11.2 Å². The van der Waals surface area contributed by atoms with Crippen molar-refractivity contribution in [2.75, 3.05) is 40.4 Å². The summed E-state index contributed by atoms with van der Waals surface area (Å²) in [7, 11) is 3.30. The molecule has 1 spiro atoms. The molecule has 28 heavy (non-hydrogen) atoms. The topological polar surface area (TPSA) is 50.8 Å². The Hall–Kier alpha value is -1.46. The molecule has 2 fully saturated rings. The third kappa shape index (κ3) is 5.12. The molecule has 1 aliphatic heterocycles. The lowest BCUT2D eigenvalue weighted by Gasteiger charge is -2.28. The Morgan fingerprint density at radius 3 is 2.50 bits per heavy atom.